The third-order valence-corrected chi connectivity index (χ3v) is 5.60. The Morgan fingerprint density at radius 1 is 1.04 bits per heavy atom. The number of sulfone groups is 1. The number of halogens is 1. The molecule has 0 saturated carbocycles. The molecule has 0 aliphatic rings. The number of carbonyl (C=O) groups is 1. The van der Waals surface area contributed by atoms with Crippen molar-refractivity contribution >= 4 is 37.4 Å². The number of aliphatic imine (C=N–C) groups is 1. The van der Waals surface area contributed by atoms with Crippen LogP contribution in [0.2, 0.25) is 0 Å². The lowest BCUT2D eigenvalue weighted by Gasteiger charge is -2.15. The van der Waals surface area contributed by atoms with E-state index in [1.165, 1.54) is 12.1 Å². The highest BCUT2D eigenvalue weighted by Crippen LogP contribution is 2.20. The highest BCUT2D eigenvalue weighted by atomic mass is 79.9. The number of aliphatic carboxylic acids is 1. The van der Waals surface area contributed by atoms with Crippen LogP contribution < -0.4 is 0 Å². The number of carboxylic acids is 1. The molecule has 2 aromatic carbocycles. The van der Waals surface area contributed by atoms with Crippen LogP contribution >= 0.6 is 15.9 Å². The fraction of sp³-hybridized carbons (Fsp3) is 0.300. The zero-order valence-corrected chi connectivity index (χ0v) is 17.8. The van der Waals surface area contributed by atoms with Crippen molar-refractivity contribution in [1.29, 1.82) is 0 Å². The van der Waals surface area contributed by atoms with Crippen molar-refractivity contribution < 1.29 is 18.3 Å². The van der Waals surface area contributed by atoms with Crippen LogP contribution in [-0.4, -0.2) is 37.5 Å². The molecule has 5 nitrogen and oxygen atoms in total. The Bertz CT molecular complexity index is 933. The third kappa shape index (κ3) is 6.01. The van der Waals surface area contributed by atoms with Crippen molar-refractivity contribution in [2.75, 3.05) is 6.26 Å². The first-order valence-corrected chi connectivity index (χ1v) is 11.1. The predicted octanol–water partition coefficient (Wildman–Crippen LogP) is 4.19. The zero-order valence-electron chi connectivity index (χ0n) is 15.4. The van der Waals surface area contributed by atoms with E-state index in [0.29, 0.717) is 17.7 Å². The molecule has 1 atom stereocenters. The van der Waals surface area contributed by atoms with Crippen LogP contribution in [-0.2, 0) is 14.6 Å². The molecular weight excluding hydrogens is 430 g/mol. The first kappa shape index (κ1) is 21.3. The molecule has 2 rings (SSSR count). The standard InChI is InChI=1S/C20H22BrNO4S/c1-13(2)12-18(20(23)24)22-19(14-4-8-16(21)9-5-14)15-6-10-17(11-7-15)27(3,25)26/h4-11,13,18H,12H2,1-3H3,(H,23,24)/b22-19+. The quantitative estimate of drug-likeness (QED) is 0.639. The number of hydrogen-bond acceptors (Lipinski definition) is 4. The Morgan fingerprint density at radius 3 is 1.93 bits per heavy atom. The van der Waals surface area contributed by atoms with Gasteiger partial charge in [0, 0.05) is 21.9 Å². The van der Waals surface area contributed by atoms with Gasteiger partial charge >= 0.3 is 5.97 Å². The fourth-order valence-corrected chi connectivity index (χ4v) is 3.49. The van der Waals surface area contributed by atoms with E-state index in [2.05, 4.69) is 20.9 Å². The molecule has 1 unspecified atom stereocenters. The summed E-state index contributed by atoms with van der Waals surface area (Å²) in [5.41, 5.74) is 1.95. The minimum absolute atomic E-state index is 0.175. The van der Waals surface area contributed by atoms with Gasteiger partial charge < -0.3 is 5.11 Å². The summed E-state index contributed by atoms with van der Waals surface area (Å²) < 4.78 is 24.3. The van der Waals surface area contributed by atoms with Gasteiger partial charge in [-0.3, -0.25) is 4.99 Å². The smallest absolute Gasteiger partial charge is 0.328 e. The van der Waals surface area contributed by atoms with Crippen LogP contribution in [0.25, 0.3) is 0 Å². The topological polar surface area (TPSA) is 83.8 Å². The molecule has 0 fully saturated rings. The summed E-state index contributed by atoms with van der Waals surface area (Å²) in [6.45, 7) is 3.90. The van der Waals surface area contributed by atoms with Crippen molar-refractivity contribution in [3.05, 3.63) is 64.1 Å². The summed E-state index contributed by atoms with van der Waals surface area (Å²) >= 11 is 3.39. The Labute approximate surface area is 168 Å². The first-order valence-electron chi connectivity index (χ1n) is 8.45. The molecule has 0 amide bonds. The molecule has 0 bridgehead atoms. The van der Waals surface area contributed by atoms with Gasteiger partial charge in [0.05, 0.1) is 10.6 Å². The molecule has 144 valence electrons. The summed E-state index contributed by atoms with van der Waals surface area (Å²) in [5.74, 6) is -0.806. The van der Waals surface area contributed by atoms with E-state index in [0.717, 1.165) is 16.3 Å². The number of rotatable bonds is 7. The van der Waals surface area contributed by atoms with E-state index in [4.69, 9.17) is 0 Å². The number of benzene rings is 2. The fourth-order valence-electron chi connectivity index (χ4n) is 2.59. The van der Waals surface area contributed by atoms with E-state index < -0.39 is 21.8 Å². The van der Waals surface area contributed by atoms with Crippen LogP contribution in [0.1, 0.15) is 31.4 Å². The van der Waals surface area contributed by atoms with Crippen LogP contribution in [0, 0.1) is 5.92 Å². The summed E-state index contributed by atoms with van der Waals surface area (Å²) in [4.78, 5) is 16.4. The van der Waals surface area contributed by atoms with E-state index >= 15 is 0 Å². The van der Waals surface area contributed by atoms with E-state index in [-0.39, 0.29) is 10.8 Å². The Balaban J connectivity index is 2.57. The van der Waals surface area contributed by atoms with Crippen molar-refractivity contribution in [3.63, 3.8) is 0 Å². The summed E-state index contributed by atoms with van der Waals surface area (Å²) in [6.07, 6.45) is 1.56. The number of carboxylic acid groups (broad SMARTS) is 1. The zero-order chi connectivity index (χ0) is 20.2. The van der Waals surface area contributed by atoms with Crippen LogP contribution in [0.3, 0.4) is 0 Å². The summed E-state index contributed by atoms with van der Waals surface area (Å²) in [6, 6.07) is 12.9. The number of hydrogen-bond donors (Lipinski definition) is 1. The van der Waals surface area contributed by atoms with Gasteiger partial charge in [0.2, 0.25) is 0 Å². The van der Waals surface area contributed by atoms with Gasteiger partial charge in [-0.15, -0.1) is 0 Å². The Hall–Kier alpha value is -1.99. The Morgan fingerprint density at radius 2 is 1.52 bits per heavy atom. The van der Waals surface area contributed by atoms with Gasteiger partial charge in [-0.25, -0.2) is 13.2 Å². The molecule has 0 saturated heterocycles. The maximum Gasteiger partial charge on any atom is 0.328 e. The van der Waals surface area contributed by atoms with Gasteiger partial charge in [-0.05, 0) is 36.6 Å². The molecule has 27 heavy (non-hydrogen) atoms. The monoisotopic (exact) mass is 451 g/mol. The summed E-state index contributed by atoms with van der Waals surface area (Å²) in [7, 11) is -3.31. The minimum atomic E-state index is -3.31. The second kappa shape index (κ2) is 8.80. The molecule has 0 aliphatic carbocycles. The van der Waals surface area contributed by atoms with Crippen LogP contribution in [0.15, 0.2) is 62.9 Å². The maximum absolute atomic E-state index is 11.7. The molecule has 0 aliphatic heterocycles. The molecule has 0 aromatic heterocycles. The lowest BCUT2D eigenvalue weighted by molar-refractivity contribution is -0.138. The lowest BCUT2D eigenvalue weighted by atomic mass is 10.00. The Kier molecular flexibility index (Phi) is 6.95. The largest absolute Gasteiger partial charge is 0.480 e. The van der Waals surface area contributed by atoms with Crippen molar-refractivity contribution in [2.45, 2.75) is 31.2 Å². The molecule has 0 radical (unpaired) electrons. The predicted molar refractivity (Wildman–Crippen MR) is 110 cm³/mol. The number of nitrogens with zero attached hydrogens (tertiary/aromatic N) is 1. The molecule has 1 N–H and O–H groups in total. The van der Waals surface area contributed by atoms with E-state index in [1.807, 2.05) is 38.1 Å². The highest BCUT2D eigenvalue weighted by Gasteiger charge is 2.20. The van der Waals surface area contributed by atoms with E-state index in [9.17, 15) is 18.3 Å². The van der Waals surface area contributed by atoms with Crippen LogP contribution in [0.5, 0.6) is 0 Å². The average Bonchev–Trinajstić information content (AvgIpc) is 2.58. The second-order valence-electron chi connectivity index (χ2n) is 6.76. The van der Waals surface area contributed by atoms with E-state index in [1.54, 1.807) is 12.1 Å². The van der Waals surface area contributed by atoms with Gasteiger partial charge in [-0.1, -0.05) is 54.0 Å². The first-order chi connectivity index (χ1) is 12.6. The SMILES string of the molecule is CC(C)CC(/N=C(\c1ccc(Br)cc1)c1ccc(S(C)(=O)=O)cc1)C(=O)O. The maximum atomic E-state index is 11.7. The van der Waals surface area contributed by atoms with Gasteiger partial charge in [0.15, 0.2) is 9.84 Å². The van der Waals surface area contributed by atoms with Crippen LogP contribution in [0.4, 0.5) is 0 Å². The molecular formula is C20H22BrNO4S. The average molecular weight is 452 g/mol. The summed E-state index contributed by atoms with van der Waals surface area (Å²) in [5, 5.41) is 9.57. The van der Waals surface area contributed by atoms with Crippen molar-refractivity contribution in [1.82, 2.24) is 0 Å². The van der Waals surface area contributed by atoms with Gasteiger partial charge in [0.25, 0.3) is 0 Å². The van der Waals surface area contributed by atoms with Crippen molar-refractivity contribution in [2.24, 2.45) is 10.9 Å². The molecule has 2 aromatic rings. The second-order valence-corrected chi connectivity index (χ2v) is 9.70. The molecule has 7 heteroatoms. The minimum Gasteiger partial charge on any atom is -0.480 e. The van der Waals surface area contributed by atoms with Gasteiger partial charge in [-0.2, -0.15) is 0 Å². The third-order valence-electron chi connectivity index (χ3n) is 3.94. The molecule has 0 spiro atoms. The normalized spacial score (nSPS) is 13.6. The van der Waals surface area contributed by atoms with Crippen molar-refractivity contribution in [3.8, 4) is 0 Å². The lowest BCUT2D eigenvalue weighted by Crippen LogP contribution is -2.22. The van der Waals surface area contributed by atoms with Gasteiger partial charge in [0.1, 0.15) is 6.04 Å². The highest BCUT2D eigenvalue weighted by molar-refractivity contribution is 9.10. The molecule has 0 heterocycles.